The molecular weight excluding hydrogens is 800 g/mol. The molecular formula is C33H18Br2F4N4O7. The van der Waals surface area contributed by atoms with Gasteiger partial charge in [-0.3, -0.25) is 0 Å². The summed E-state index contributed by atoms with van der Waals surface area (Å²) < 4.78 is 75.8. The van der Waals surface area contributed by atoms with Crippen molar-refractivity contribution < 1.29 is 50.5 Å². The monoisotopic (exact) mass is 816 g/mol. The average Bonchev–Trinajstić information content (AvgIpc) is 3.70. The Kier molecular flexibility index (Phi) is 11.0. The summed E-state index contributed by atoms with van der Waals surface area (Å²) in [4.78, 5) is 20.3. The smallest absolute Gasteiger partial charge is 0.387 e. The summed E-state index contributed by atoms with van der Waals surface area (Å²) in [6, 6.07) is 19.2. The molecule has 0 saturated heterocycles. The number of carbonyl (C=O) groups excluding carboxylic acids is 1. The predicted molar refractivity (Wildman–Crippen MR) is 174 cm³/mol. The Morgan fingerprint density at radius 2 is 1.30 bits per heavy atom. The highest BCUT2D eigenvalue weighted by molar-refractivity contribution is 9.10. The molecule has 11 nitrogen and oxygen atoms in total. The fourth-order valence-corrected chi connectivity index (χ4v) is 5.52. The molecule has 0 unspecified atom stereocenters. The van der Waals surface area contributed by atoms with Gasteiger partial charge in [-0.05, 0) is 68.3 Å². The van der Waals surface area contributed by atoms with Gasteiger partial charge in [-0.2, -0.15) is 28.1 Å². The summed E-state index contributed by atoms with van der Waals surface area (Å²) in [5.74, 6) is -1.16. The zero-order valence-electron chi connectivity index (χ0n) is 25.1. The topological polar surface area (TPSA) is 165 Å². The first-order valence-electron chi connectivity index (χ1n) is 13.8. The third kappa shape index (κ3) is 7.55. The highest BCUT2D eigenvalue weighted by atomic mass is 79.9. The Bertz CT molecular complexity index is 2320. The number of ether oxygens (including phenoxy) is 3. The minimum Gasteiger partial charge on any atom is -0.465 e. The number of aromatic nitrogens is 2. The Hall–Kier alpha value is -5.49. The number of carbonyl (C=O) groups is 1. The molecule has 0 saturated carbocycles. The number of halogens is 6. The molecule has 0 aliphatic rings. The van der Waals surface area contributed by atoms with Crippen molar-refractivity contribution in [3.05, 3.63) is 91.9 Å². The lowest BCUT2D eigenvalue weighted by atomic mass is 10.1. The number of nitriles is 2. The molecule has 0 aliphatic heterocycles. The number of methoxy groups -OCH3 is 1. The third-order valence-corrected chi connectivity index (χ3v) is 8.10. The van der Waals surface area contributed by atoms with Gasteiger partial charge in [0, 0.05) is 26.6 Å². The molecule has 6 aromatic rings. The quantitative estimate of drug-likeness (QED) is 0.115. The minimum absolute atomic E-state index is 0.0999. The molecule has 2 heterocycles. The average molecular weight is 818 g/mol. The van der Waals surface area contributed by atoms with Crippen LogP contribution in [0.3, 0.4) is 0 Å². The number of hydrogen-bond donors (Lipinski definition) is 1. The largest absolute Gasteiger partial charge is 0.465 e. The van der Waals surface area contributed by atoms with E-state index < -0.39 is 31.5 Å². The van der Waals surface area contributed by atoms with Crippen LogP contribution in [0.15, 0.2) is 78.4 Å². The number of fused-ring (bicyclic) bond motifs is 2. The normalized spacial score (nSPS) is 10.9. The third-order valence-electron chi connectivity index (χ3n) is 6.78. The van der Waals surface area contributed by atoms with Gasteiger partial charge < -0.3 is 28.2 Å². The molecule has 254 valence electrons. The highest BCUT2D eigenvalue weighted by Gasteiger charge is 2.22. The van der Waals surface area contributed by atoms with Crippen LogP contribution in [0.1, 0.15) is 27.0 Å². The zero-order chi connectivity index (χ0) is 36.1. The van der Waals surface area contributed by atoms with Crippen molar-refractivity contribution in [3.8, 4) is 46.5 Å². The van der Waals surface area contributed by atoms with Crippen LogP contribution in [0.4, 0.5) is 17.6 Å². The van der Waals surface area contributed by atoms with Crippen LogP contribution in [0.2, 0.25) is 0 Å². The maximum atomic E-state index is 12.6. The fraction of sp³-hybridized carbons (Fsp3) is 0.121. The maximum Gasteiger partial charge on any atom is 0.387 e. The van der Waals surface area contributed by atoms with Crippen molar-refractivity contribution in [1.82, 2.24) is 9.97 Å². The van der Waals surface area contributed by atoms with Gasteiger partial charge in [0.05, 0.1) is 36.0 Å². The van der Waals surface area contributed by atoms with Gasteiger partial charge in [0.15, 0.2) is 11.2 Å². The molecule has 2 aromatic heterocycles. The van der Waals surface area contributed by atoms with Gasteiger partial charge in [-0.25, -0.2) is 14.8 Å². The SMILES string of the molecule is COC(=O)c1cc2nc(-c3cccc(Br)c3C#N)oc2cc1OC(F)F.N#Cc1c(Br)cccc1-c1nc2cc(CO)c(OC(F)F)cc2o1. The van der Waals surface area contributed by atoms with Crippen LogP contribution in [-0.4, -0.2) is 41.4 Å². The van der Waals surface area contributed by atoms with Crippen molar-refractivity contribution in [2.75, 3.05) is 7.11 Å². The summed E-state index contributed by atoms with van der Waals surface area (Å²) in [5.41, 5.74) is 2.39. The number of hydrogen-bond acceptors (Lipinski definition) is 11. The molecule has 0 bridgehead atoms. The standard InChI is InChI=1S/C17H9BrF2N2O4.C16H9BrF2N2O3/c1-24-16(23)9-5-12-14(6-13(9)26-17(19)20)25-15(22-12)8-3-2-4-11(18)10(8)7-21;17-11-3-1-2-9(10(11)6-20)15-21-12-4-8(7-22)13(24-16(18)19)5-14(12)23-15/h2-6,17H,1H3;1-5,16,22H,7H2. The number of aliphatic hydroxyl groups excluding tert-OH is 1. The van der Waals surface area contributed by atoms with Crippen LogP contribution in [0, 0.1) is 22.7 Å². The number of aliphatic hydroxyl groups is 1. The van der Waals surface area contributed by atoms with Crippen molar-refractivity contribution >= 4 is 60.0 Å². The molecule has 6 rings (SSSR count). The van der Waals surface area contributed by atoms with Gasteiger partial charge in [-0.1, -0.05) is 12.1 Å². The Labute approximate surface area is 295 Å². The molecule has 1 N–H and O–H groups in total. The highest BCUT2D eigenvalue weighted by Crippen LogP contribution is 2.35. The maximum absolute atomic E-state index is 12.6. The second kappa shape index (κ2) is 15.4. The molecule has 0 atom stereocenters. The number of esters is 1. The summed E-state index contributed by atoms with van der Waals surface area (Å²) >= 11 is 6.55. The first-order chi connectivity index (χ1) is 24.0. The predicted octanol–water partition coefficient (Wildman–Crippen LogP) is 8.74. The van der Waals surface area contributed by atoms with E-state index in [4.69, 9.17) is 8.83 Å². The second-order valence-corrected chi connectivity index (χ2v) is 11.4. The fourth-order valence-electron chi connectivity index (χ4n) is 4.61. The Morgan fingerprint density at radius 1 is 0.820 bits per heavy atom. The van der Waals surface area contributed by atoms with Gasteiger partial charge in [0.2, 0.25) is 11.8 Å². The molecule has 0 fully saturated rings. The van der Waals surface area contributed by atoms with E-state index >= 15 is 0 Å². The summed E-state index contributed by atoms with van der Waals surface area (Å²) in [5, 5.41) is 27.9. The number of rotatable bonds is 8. The first kappa shape index (κ1) is 35.8. The Morgan fingerprint density at radius 3 is 1.76 bits per heavy atom. The number of nitrogens with zero attached hydrogens (tertiary/aromatic N) is 4. The van der Waals surface area contributed by atoms with Crippen LogP contribution in [0.25, 0.3) is 45.1 Å². The van der Waals surface area contributed by atoms with Crippen LogP contribution in [-0.2, 0) is 11.3 Å². The lowest BCUT2D eigenvalue weighted by molar-refractivity contribution is -0.0514. The second-order valence-electron chi connectivity index (χ2n) is 9.74. The molecule has 0 aliphatic carbocycles. The van der Waals surface area contributed by atoms with E-state index in [0.717, 1.165) is 13.2 Å². The van der Waals surface area contributed by atoms with Crippen molar-refractivity contribution in [2.24, 2.45) is 0 Å². The van der Waals surface area contributed by atoms with E-state index in [1.807, 2.05) is 6.07 Å². The van der Waals surface area contributed by atoms with Crippen molar-refractivity contribution in [1.29, 1.82) is 10.5 Å². The van der Waals surface area contributed by atoms with Gasteiger partial charge in [0.25, 0.3) is 0 Å². The van der Waals surface area contributed by atoms with Gasteiger partial charge >= 0.3 is 19.2 Å². The van der Waals surface area contributed by atoms with E-state index in [2.05, 4.69) is 62.1 Å². The zero-order valence-corrected chi connectivity index (χ0v) is 28.3. The lowest BCUT2D eigenvalue weighted by Gasteiger charge is -2.08. The summed E-state index contributed by atoms with van der Waals surface area (Å²) in [7, 11) is 1.12. The molecule has 0 spiro atoms. The van der Waals surface area contributed by atoms with Crippen LogP contribution in [0.5, 0.6) is 11.5 Å². The van der Waals surface area contributed by atoms with E-state index in [0.29, 0.717) is 36.7 Å². The first-order valence-corrected chi connectivity index (χ1v) is 15.4. The van der Waals surface area contributed by atoms with Crippen LogP contribution < -0.4 is 9.47 Å². The number of benzene rings is 4. The lowest BCUT2D eigenvalue weighted by Crippen LogP contribution is -2.09. The molecule has 0 amide bonds. The molecule has 17 heteroatoms. The van der Waals surface area contributed by atoms with Crippen molar-refractivity contribution in [3.63, 3.8) is 0 Å². The van der Waals surface area contributed by atoms with E-state index in [-0.39, 0.29) is 45.3 Å². The minimum atomic E-state index is -3.13. The number of oxazole rings is 2. The van der Waals surface area contributed by atoms with E-state index in [1.165, 1.54) is 18.2 Å². The van der Waals surface area contributed by atoms with E-state index in [1.54, 1.807) is 36.4 Å². The molecule has 4 aromatic carbocycles. The molecule has 0 radical (unpaired) electrons. The van der Waals surface area contributed by atoms with Crippen molar-refractivity contribution in [2.45, 2.75) is 19.8 Å². The van der Waals surface area contributed by atoms with Gasteiger partial charge in [-0.15, -0.1) is 0 Å². The Balaban J connectivity index is 0.000000195. The summed E-state index contributed by atoms with van der Waals surface area (Å²) in [6.45, 7) is -6.64. The van der Waals surface area contributed by atoms with Crippen LogP contribution >= 0.6 is 31.9 Å². The summed E-state index contributed by atoms with van der Waals surface area (Å²) in [6.07, 6.45) is 0. The molecule has 50 heavy (non-hydrogen) atoms. The van der Waals surface area contributed by atoms with Gasteiger partial charge in [0.1, 0.15) is 40.2 Å². The number of alkyl halides is 4. The van der Waals surface area contributed by atoms with E-state index in [9.17, 15) is 38.0 Å².